The highest BCUT2D eigenvalue weighted by atomic mass is 35.5. The van der Waals surface area contributed by atoms with Crippen molar-refractivity contribution < 1.29 is 4.42 Å². The van der Waals surface area contributed by atoms with Crippen LogP contribution in [0.3, 0.4) is 0 Å². The number of nitrogens with two attached hydrogens (primary N) is 1. The number of nitrogens with zero attached hydrogens (tertiary/aromatic N) is 1. The normalized spacial score (nSPS) is 11.0. The molecule has 0 unspecified atom stereocenters. The van der Waals surface area contributed by atoms with Crippen LogP contribution in [0, 0.1) is 0 Å². The number of fused-ring (bicyclic) bond motifs is 1. The summed E-state index contributed by atoms with van der Waals surface area (Å²) in [5.41, 5.74) is 7.61. The first-order chi connectivity index (χ1) is 6.70. The minimum atomic E-state index is 0.515. The van der Waals surface area contributed by atoms with Gasteiger partial charge in [0.25, 0.3) is 0 Å². The summed E-state index contributed by atoms with van der Waals surface area (Å²) in [7, 11) is 0. The molecule has 0 aliphatic heterocycles. The van der Waals surface area contributed by atoms with Crippen LogP contribution in [0.2, 0.25) is 5.02 Å². The quantitative estimate of drug-likeness (QED) is 0.803. The van der Waals surface area contributed by atoms with Crippen LogP contribution in [0.5, 0.6) is 0 Å². The summed E-state index contributed by atoms with van der Waals surface area (Å²) in [6.45, 7) is 0. The number of benzene rings is 1. The Morgan fingerprint density at radius 2 is 2.36 bits per heavy atom. The first-order valence-corrected chi connectivity index (χ1v) is 5.81. The molecule has 3 nitrogen and oxygen atoms in total. The van der Waals surface area contributed by atoms with Crippen LogP contribution in [-0.4, -0.2) is 11.2 Å². The van der Waals surface area contributed by atoms with Crippen molar-refractivity contribution in [3.05, 3.63) is 23.0 Å². The fourth-order valence-electron chi connectivity index (χ4n) is 1.20. The fraction of sp³-hybridized carbons (Fsp3) is 0.222. The van der Waals surface area contributed by atoms with Gasteiger partial charge in [0, 0.05) is 6.07 Å². The number of thioether (sulfide) groups is 1. The van der Waals surface area contributed by atoms with Crippen molar-refractivity contribution in [1.29, 1.82) is 0 Å². The average molecular weight is 229 g/mol. The lowest BCUT2D eigenvalue weighted by molar-refractivity contribution is 0.556. The molecule has 2 aromatic rings. The lowest BCUT2D eigenvalue weighted by atomic mass is 10.3. The molecule has 74 valence electrons. The number of hydrogen-bond donors (Lipinski definition) is 1. The van der Waals surface area contributed by atoms with Gasteiger partial charge in [-0.1, -0.05) is 11.6 Å². The third-order valence-electron chi connectivity index (χ3n) is 1.82. The zero-order valence-corrected chi connectivity index (χ0v) is 9.15. The van der Waals surface area contributed by atoms with Gasteiger partial charge in [-0.25, -0.2) is 4.98 Å². The Labute approximate surface area is 90.6 Å². The molecule has 2 N–H and O–H groups in total. The lowest BCUT2D eigenvalue weighted by Gasteiger charge is -1.94. The smallest absolute Gasteiger partial charge is 0.205 e. The molecule has 1 aromatic heterocycles. The summed E-state index contributed by atoms with van der Waals surface area (Å²) in [6.07, 6.45) is 2.00. The van der Waals surface area contributed by atoms with Crippen molar-refractivity contribution in [2.45, 2.75) is 5.75 Å². The number of anilines is 1. The van der Waals surface area contributed by atoms with Crippen LogP contribution in [0.4, 0.5) is 5.69 Å². The van der Waals surface area contributed by atoms with E-state index >= 15 is 0 Å². The third kappa shape index (κ3) is 1.67. The molecule has 1 aromatic carbocycles. The Balaban J connectivity index is 2.54. The van der Waals surface area contributed by atoms with Gasteiger partial charge in [-0.2, -0.15) is 11.8 Å². The zero-order chi connectivity index (χ0) is 10.1. The molecular formula is C9H9ClN2OS. The topological polar surface area (TPSA) is 52.0 Å². The van der Waals surface area contributed by atoms with E-state index < -0.39 is 0 Å². The number of aromatic nitrogens is 1. The van der Waals surface area contributed by atoms with Crippen molar-refractivity contribution in [1.82, 2.24) is 4.98 Å². The molecule has 0 aliphatic carbocycles. The maximum absolute atomic E-state index is 5.86. The lowest BCUT2D eigenvalue weighted by Crippen LogP contribution is -1.84. The minimum Gasteiger partial charge on any atom is -0.440 e. The molecular weight excluding hydrogens is 220 g/mol. The predicted octanol–water partition coefficient (Wildman–Crippen LogP) is 2.93. The summed E-state index contributed by atoms with van der Waals surface area (Å²) in [4.78, 5) is 4.28. The number of halogens is 1. The zero-order valence-electron chi connectivity index (χ0n) is 7.58. The average Bonchev–Trinajstić information content (AvgIpc) is 2.48. The predicted molar refractivity (Wildman–Crippen MR) is 60.7 cm³/mol. The van der Waals surface area contributed by atoms with Crippen LogP contribution < -0.4 is 5.73 Å². The summed E-state index contributed by atoms with van der Waals surface area (Å²) in [5, 5.41) is 0.515. The van der Waals surface area contributed by atoms with E-state index in [2.05, 4.69) is 4.98 Å². The standard InChI is InChI=1S/C9H9ClN2OS/c1-14-4-9-12-7-2-5(10)6(11)3-8(7)13-9/h2-3H,4,11H2,1H3. The molecule has 14 heavy (non-hydrogen) atoms. The van der Waals surface area contributed by atoms with Crippen LogP contribution in [0.15, 0.2) is 16.5 Å². The highest BCUT2D eigenvalue weighted by molar-refractivity contribution is 7.97. The maximum atomic E-state index is 5.86. The highest BCUT2D eigenvalue weighted by Crippen LogP contribution is 2.26. The van der Waals surface area contributed by atoms with Gasteiger partial charge in [0.05, 0.1) is 16.5 Å². The fourth-order valence-corrected chi connectivity index (χ4v) is 1.73. The largest absolute Gasteiger partial charge is 0.440 e. The van der Waals surface area contributed by atoms with E-state index in [-0.39, 0.29) is 0 Å². The maximum Gasteiger partial charge on any atom is 0.205 e. The summed E-state index contributed by atoms with van der Waals surface area (Å²) in [5.74, 6) is 1.46. The first kappa shape index (κ1) is 9.68. The van der Waals surface area contributed by atoms with E-state index in [1.807, 2.05) is 6.26 Å². The Kier molecular flexibility index (Phi) is 2.56. The highest BCUT2D eigenvalue weighted by Gasteiger charge is 2.07. The Hall–Kier alpha value is -0.870. The third-order valence-corrected chi connectivity index (χ3v) is 2.68. The molecule has 0 saturated heterocycles. The molecule has 5 heteroatoms. The van der Waals surface area contributed by atoms with E-state index in [1.165, 1.54) is 0 Å². The molecule has 1 heterocycles. The van der Waals surface area contributed by atoms with Crippen LogP contribution in [-0.2, 0) is 5.75 Å². The van der Waals surface area contributed by atoms with Crippen molar-refractivity contribution in [3.8, 4) is 0 Å². The van der Waals surface area contributed by atoms with E-state index in [4.69, 9.17) is 21.8 Å². The Bertz CT molecular complexity index is 430. The van der Waals surface area contributed by atoms with Crippen molar-refractivity contribution in [3.63, 3.8) is 0 Å². The number of rotatable bonds is 2. The molecule has 0 fully saturated rings. The summed E-state index contributed by atoms with van der Waals surface area (Å²) >= 11 is 7.52. The molecule has 0 bridgehead atoms. The molecule has 2 rings (SSSR count). The SMILES string of the molecule is CSCc1nc2cc(Cl)c(N)cc2o1. The second-order valence-electron chi connectivity index (χ2n) is 2.88. The van der Waals surface area contributed by atoms with E-state index in [1.54, 1.807) is 23.9 Å². The van der Waals surface area contributed by atoms with Crippen LogP contribution in [0.25, 0.3) is 11.1 Å². The Morgan fingerprint density at radius 3 is 3.07 bits per heavy atom. The van der Waals surface area contributed by atoms with E-state index in [9.17, 15) is 0 Å². The van der Waals surface area contributed by atoms with Gasteiger partial charge in [0.2, 0.25) is 5.89 Å². The number of oxazole rings is 1. The molecule has 0 amide bonds. The van der Waals surface area contributed by atoms with E-state index in [0.717, 1.165) is 11.3 Å². The van der Waals surface area contributed by atoms with Crippen LogP contribution >= 0.6 is 23.4 Å². The van der Waals surface area contributed by atoms with Gasteiger partial charge >= 0.3 is 0 Å². The monoisotopic (exact) mass is 228 g/mol. The molecule has 0 radical (unpaired) electrons. The Morgan fingerprint density at radius 1 is 1.57 bits per heavy atom. The van der Waals surface area contributed by atoms with E-state index in [0.29, 0.717) is 22.2 Å². The summed E-state index contributed by atoms with van der Waals surface area (Å²) in [6, 6.07) is 3.42. The second-order valence-corrected chi connectivity index (χ2v) is 4.16. The summed E-state index contributed by atoms with van der Waals surface area (Å²) < 4.78 is 5.47. The first-order valence-electron chi connectivity index (χ1n) is 4.04. The van der Waals surface area contributed by atoms with Gasteiger partial charge in [-0.05, 0) is 12.3 Å². The minimum absolute atomic E-state index is 0.515. The molecule has 0 aliphatic rings. The van der Waals surface area contributed by atoms with Crippen molar-refractivity contribution in [2.75, 3.05) is 12.0 Å². The van der Waals surface area contributed by atoms with Gasteiger partial charge in [0.1, 0.15) is 5.52 Å². The second kappa shape index (κ2) is 3.71. The van der Waals surface area contributed by atoms with Crippen LogP contribution in [0.1, 0.15) is 5.89 Å². The van der Waals surface area contributed by atoms with Crippen molar-refractivity contribution >= 4 is 40.1 Å². The van der Waals surface area contributed by atoms with Crippen molar-refractivity contribution in [2.24, 2.45) is 0 Å². The number of nitrogen functional groups attached to an aromatic ring is 1. The molecule has 0 spiro atoms. The van der Waals surface area contributed by atoms with Gasteiger partial charge in [-0.15, -0.1) is 0 Å². The van der Waals surface area contributed by atoms with Gasteiger partial charge in [0.15, 0.2) is 5.58 Å². The molecule has 0 saturated carbocycles. The van der Waals surface area contributed by atoms with Gasteiger partial charge in [-0.3, -0.25) is 0 Å². The number of hydrogen-bond acceptors (Lipinski definition) is 4. The van der Waals surface area contributed by atoms with Gasteiger partial charge < -0.3 is 10.2 Å². The molecule has 0 atom stereocenters.